The number of hydrogen-bond acceptors (Lipinski definition) is 1. The zero-order chi connectivity index (χ0) is 14.4. The van der Waals surface area contributed by atoms with Crippen LogP contribution in [-0.2, 0) is 6.18 Å². The van der Waals surface area contributed by atoms with Gasteiger partial charge in [-0.05, 0) is 35.9 Å². The quantitative estimate of drug-likeness (QED) is 0.689. The van der Waals surface area contributed by atoms with E-state index in [4.69, 9.17) is 0 Å². The third-order valence-electron chi connectivity index (χ3n) is 2.59. The fourth-order valence-electron chi connectivity index (χ4n) is 1.58. The van der Waals surface area contributed by atoms with Crippen molar-refractivity contribution in [3.8, 4) is 0 Å². The van der Waals surface area contributed by atoms with E-state index >= 15 is 0 Å². The molecule has 0 atom stereocenters. The average molecular weight is 275 g/mol. The molecule has 20 heavy (non-hydrogen) atoms. The van der Waals surface area contributed by atoms with Crippen molar-refractivity contribution in [3.05, 3.63) is 71.8 Å². The second-order valence-corrected chi connectivity index (χ2v) is 4.09. The van der Waals surface area contributed by atoms with Crippen molar-refractivity contribution in [1.29, 1.82) is 0 Å². The van der Waals surface area contributed by atoms with Gasteiger partial charge in [0.15, 0.2) is 0 Å². The first kappa shape index (κ1) is 14.1. The summed E-state index contributed by atoms with van der Waals surface area (Å²) in [7, 11) is 0. The van der Waals surface area contributed by atoms with E-state index in [-0.39, 0.29) is 0 Å². The second kappa shape index (κ2) is 6.19. The highest BCUT2D eigenvalue weighted by atomic mass is 19.4. The molecule has 0 fully saturated rings. The van der Waals surface area contributed by atoms with Crippen molar-refractivity contribution < 1.29 is 13.2 Å². The fraction of sp³-hybridized carbons (Fsp3) is 0.0625. The summed E-state index contributed by atoms with van der Waals surface area (Å²) in [5.41, 5.74) is 0.846. The van der Waals surface area contributed by atoms with Crippen LogP contribution in [0.4, 0.5) is 18.9 Å². The topological polar surface area (TPSA) is 12.4 Å². The van der Waals surface area contributed by atoms with Crippen LogP contribution in [0.15, 0.2) is 65.7 Å². The normalized spacial score (nSPS) is 12.3. The highest BCUT2D eigenvalue weighted by molar-refractivity contribution is 5.80. The molecule has 0 amide bonds. The van der Waals surface area contributed by atoms with Gasteiger partial charge in [-0.15, -0.1) is 0 Å². The summed E-state index contributed by atoms with van der Waals surface area (Å²) in [6, 6.07) is 14.4. The van der Waals surface area contributed by atoms with Crippen LogP contribution in [0.2, 0.25) is 0 Å². The summed E-state index contributed by atoms with van der Waals surface area (Å²) in [6.45, 7) is 0. The molecule has 0 spiro atoms. The highest BCUT2D eigenvalue weighted by Gasteiger charge is 2.29. The number of benzene rings is 2. The Morgan fingerprint density at radius 3 is 2.10 bits per heavy atom. The van der Waals surface area contributed by atoms with Gasteiger partial charge in [0, 0.05) is 6.21 Å². The van der Waals surface area contributed by atoms with Crippen LogP contribution in [-0.4, -0.2) is 6.21 Å². The van der Waals surface area contributed by atoms with Gasteiger partial charge in [-0.1, -0.05) is 36.4 Å². The maximum atomic E-state index is 12.4. The zero-order valence-corrected chi connectivity index (χ0v) is 10.5. The second-order valence-electron chi connectivity index (χ2n) is 4.09. The Morgan fingerprint density at radius 1 is 0.850 bits per heavy atom. The highest BCUT2D eigenvalue weighted by Crippen LogP contribution is 2.30. The van der Waals surface area contributed by atoms with Gasteiger partial charge in [0.1, 0.15) is 0 Å². The minimum atomic E-state index is -4.31. The van der Waals surface area contributed by atoms with Crippen LogP contribution >= 0.6 is 0 Å². The van der Waals surface area contributed by atoms with E-state index in [0.717, 1.165) is 17.7 Å². The molecule has 2 rings (SSSR count). The Morgan fingerprint density at radius 2 is 1.50 bits per heavy atom. The molecule has 1 nitrogen and oxygen atoms in total. The number of hydrogen-bond donors (Lipinski definition) is 0. The van der Waals surface area contributed by atoms with Crippen LogP contribution in [0, 0.1) is 0 Å². The van der Waals surface area contributed by atoms with Gasteiger partial charge < -0.3 is 0 Å². The summed E-state index contributed by atoms with van der Waals surface area (Å²) in [5, 5.41) is 0. The Kier molecular flexibility index (Phi) is 4.35. The number of allylic oxidation sites excluding steroid dienone is 1. The third-order valence-corrected chi connectivity index (χ3v) is 2.59. The zero-order valence-electron chi connectivity index (χ0n) is 10.5. The summed E-state index contributed by atoms with van der Waals surface area (Å²) in [5.74, 6) is 0. The molecule has 2 aromatic rings. The van der Waals surface area contributed by atoms with Gasteiger partial charge in [-0.2, -0.15) is 13.2 Å². The van der Waals surface area contributed by atoms with Crippen LogP contribution in [0.3, 0.4) is 0 Å². The maximum absolute atomic E-state index is 12.4. The molecule has 0 N–H and O–H groups in total. The summed E-state index contributed by atoms with van der Waals surface area (Å²) < 4.78 is 37.1. The Labute approximate surface area is 115 Å². The smallest absolute Gasteiger partial charge is 0.257 e. The van der Waals surface area contributed by atoms with Gasteiger partial charge in [0.25, 0.3) is 0 Å². The van der Waals surface area contributed by atoms with Gasteiger partial charge in [-0.25, -0.2) is 0 Å². The molecule has 4 heteroatoms. The molecule has 0 aliphatic rings. The summed E-state index contributed by atoms with van der Waals surface area (Å²) in [6.07, 6.45) is 0.853. The first-order chi connectivity index (χ1) is 9.55. The van der Waals surface area contributed by atoms with Gasteiger partial charge >= 0.3 is 6.18 Å². The van der Waals surface area contributed by atoms with Crippen LogP contribution in [0.5, 0.6) is 0 Å². The van der Waals surface area contributed by atoms with E-state index in [1.165, 1.54) is 12.1 Å². The molecule has 0 saturated carbocycles. The monoisotopic (exact) mass is 275 g/mol. The van der Waals surface area contributed by atoms with E-state index in [2.05, 4.69) is 4.99 Å². The number of aliphatic imine (C=N–C) groups is 1. The van der Waals surface area contributed by atoms with Crippen LogP contribution in [0.25, 0.3) is 6.08 Å². The van der Waals surface area contributed by atoms with Gasteiger partial charge in [0.2, 0.25) is 0 Å². The molecule has 2 aromatic carbocycles. The van der Waals surface area contributed by atoms with Crippen molar-refractivity contribution in [1.82, 2.24) is 0 Å². The molecule has 0 bridgehead atoms. The van der Waals surface area contributed by atoms with E-state index in [1.807, 2.05) is 36.4 Å². The minimum absolute atomic E-state index is 0.482. The number of rotatable bonds is 3. The van der Waals surface area contributed by atoms with Crippen molar-refractivity contribution >= 4 is 18.0 Å². The lowest BCUT2D eigenvalue weighted by Gasteiger charge is -2.05. The molecule has 0 heterocycles. The molecule has 0 aliphatic carbocycles. The van der Waals surface area contributed by atoms with Gasteiger partial charge in [-0.3, -0.25) is 4.99 Å². The number of alkyl halides is 3. The van der Waals surface area contributed by atoms with E-state index in [0.29, 0.717) is 5.69 Å². The van der Waals surface area contributed by atoms with Crippen LogP contribution < -0.4 is 0 Å². The molecular formula is C16H12F3N. The van der Waals surface area contributed by atoms with E-state index < -0.39 is 11.7 Å². The molecule has 0 radical (unpaired) electrons. The van der Waals surface area contributed by atoms with Gasteiger partial charge in [0.05, 0.1) is 11.3 Å². The van der Waals surface area contributed by atoms with Crippen molar-refractivity contribution in [2.75, 3.05) is 0 Å². The lowest BCUT2D eigenvalue weighted by atomic mass is 10.2. The first-order valence-electron chi connectivity index (χ1n) is 5.99. The molecular weight excluding hydrogens is 263 g/mol. The summed E-state index contributed by atoms with van der Waals surface area (Å²) >= 11 is 0. The summed E-state index contributed by atoms with van der Waals surface area (Å²) in [4.78, 5) is 4.07. The van der Waals surface area contributed by atoms with E-state index in [1.54, 1.807) is 12.3 Å². The largest absolute Gasteiger partial charge is 0.416 e. The van der Waals surface area contributed by atoms with Crippen molar-refractivity contribution in [3.63, 3.8) is 0 Å². The standard InChI is InChI=1S/C16H12F3N/c17-16(18,19)14-8-10-15(11-9-14)20-12-4-7-13-5-2-1-3-6-13/h1-12H/b7-4+,20-12?. The van der Waals surface area contributed by atoms with Crippen molar-refractivity contribution in [2.24, 2.45) is 4.99 Å². The molecule has 102 valence electrons. The molecule has 0 saturated heterocycles. The maximum Gasteiger partial charge on any atom is 0.416 e. The lowest BCUT2D eigenvalue weighted by Crippen LogP contribution is -2.03. The fourth-order valence-corrected chi connectivity index (χ4v) is 1.58. The average Bonchev–Trinajstić information content (AvgIpc) is 2.44. The SMILES string of the molecule is FC(F)(F)c1ccc(N=C/C=C/c2ccccc2)cc1. The molecule has 0 aromatic heterocycles. The Balaban J connectivity index is 2.00. The minimum Gasteiger partial charge on any atom is -0.257 e. The predicted octanol–water partition coefficient (Wildman–Crippen LogP) is 5.12. The predicted molar refractivity (Wildman–Crippen MR) is 75.1 cm³/mol. The third kappa shape index (κ3) is 4.09. The van der Waals surface area contributed by atoms with Crippen LogP contribution in [0.1, 0.15) is 11.1 Å². The Hall–Kier alpha value is -2.36. The Bertz CT molecular complexity index is 596. The van der Waals surface area contributed by atoms with E-state index in [9.17, 15) is 13.2 Å². The van der Waals surface area contributed by atoms with Crippen molar-refractivity contribution in [2.45, 2.75) is 6.18 Å². The first-order valence-corrected chi connectivity index (χ1v) is 5.99. The number of nitrogens with zero attached hydrogens (tertiary/aromatic N) is 1. The lowest BCUT2D eigenvalue weighted by molar-refractivity contribution is -0.137. The molecule has 0 aliphatic heterocycles. The number of halogens is 3. The molecule has 0 unspecified atom stereocenters.